The Hall–Kier alpha value is -3.13. The molecule has 2 aromatic rings. The molecule has 0 aromatic carbocycles. The van der Waals surface area contributed by atoms with Crippen LogP contribution >= 0.6 is 0 Å². The zero-order chi connectivity index (χ0) is 31.7. The number of nitrogens with one attached hydrogen (secondary N) is 3. The Morgan fingerprint density at radius 1 is 1.09 bits per heavy atom. The van der Waals surface area contributed by atoms with E-state index in [9.17, 15) is 28.2 Å². The summed E-state index contributed by atoms with van der Waals surface area (Å²) >= 11 is 0. The number of rotatable bonds is 18. The number of carbonyl (C=O) groups is 2. The van der Waals surface area contributed by atoms with Crippen LogP contribution in [-0.4, -0.2) is 106 Å². The molecule has 3 heterocycles. The van der Waals surface area contributed by atoms with Gasteiger partial charge < -0.3 is 47.9 Å². The van der Waals surface area contributed by atoms with Crippen LogP contribution in [0.25, 0.3) is 11.0 Å². The number of aromatic nitrogens is 3. The van der Waals surface area contributed by atoms with Crippen molar-refractivity contribution in [2.45, 2.75) is 81.6 Å². The third-order valence-corrected chi connectivity index (χ3v) is 7.87. The summed E-state index contributed by atoms with van der Waals surface area (Å²) in [6.07, 6.45) is 2.52. The maximum atomic E-state index is 12.2. The highest BCUT2D eigenvalue weighted by atomic mass is 32.2. The first-order valence-corrected chi connectivity index (χ1v) is 16.0. The molecule has 1 aliphatic heterocycles. The van der Waals surface area contributed by atoms with E-state index in [2.05, 4.69) is 25.3 Å². The van der Waals surface area contributed by atoms with E-state index in [1.807, 2.05) is 0 Å². The lowest BCUT2D eigenvalue weighted by atomic mass is 9.98. The molecule has 0 radical (unpaired) electrons. The number of unbranched alkanes of at least 4 members (excludes halogenated alkanes) is 2. The number of hydrogen-bond donors (Lipinski definition) is 9. The van der Waals surface area contributed by atoms with Gasteiger partial charge in [0, 0.05) is 32.1 Å². The van der Waals surface area contributed by atoms with Crippen molar-refractivity contribution < 1.29 is 38.1 Å². The first-order chi connectivity index (χ1) is 20.3. The Morgan fingerprint density at radius 3 is 2.53 bits per heavy atom. The van der Waals surface area contributed by atoms with Crippen LogP contribution in [0, 0.1) is 0 Å². The number of carboxylic acid groups (broad SMARTS) is 1. The molecular weight excluding hydrogens is 586 g/mol. The van der Waals surface area contributed by atoms with E-state index in [-0.39, 0.29) is 24.6 Å². The molecule has 12 N–H and O–H groups in total. The Balaban J connectivity index is 1.55. The molecule has 1 fully saturated rings. The predicted octanol–water partition coefficient (Wildman–Crippen LogP) is -1.82. The number of aliphatic carboxylic acids is 1. The van der Waals surface area contributed by atoms with Crippen LogP contribution in [-0.2, 0) is 24.3 Å². The minimum atomic E-state index is -3.21. The molecular formula is C25H43N9O8S. The van der Waals surface area contributed by atoms with Crippen molar-refractivity contribution >= 4 is 44.4 Å². The van der Waals surface area contributed by atoms with Gasteiger partial charge in [0.1, 0.15) is 23.8 Å². The standard InChI is InChI=1S/C25H43N9O8S/c1-43(40,41)33-8-4-2-3-5-18(35)30-10-9-29-16-12-31-23(28)19-20(16)34(13-32-19)24-22(37)21(36)17(42-24)11-14(26)6-7-15(27)25(38)39/h12-15,17,21-22,24,29,33,36-37H,2-11,26-27H2,1H3,(H2,28,31)(H,30,35)(H,38,39)/t14-,15-,17+,21+,22+,24+/m0/s1. The van der Waals surface area contributed by atoms with E-state index < -0.39 is 52.6 Å². The van der Waals surface area contributed by atoms with Crippen molar-refractivity contribution in [3.63, 3.8) is 0 Å². The molecule has 2 aromatic heterocycles. The number of carbonyl (C=O) groups excluding carboxylic acids is 1. The Morgan fingerprint density at radius 2 is 1.84 bits per heavy atom. The lowest BCUT2D eigenvalue weighted by Gasteiger charge is -2.20. The van der Waals surface area contributed by atoms with Crippen LogP contribution in [0.1, 0.15) is 51.2 Å². The van der Waals surface area contributed by atoms with Gasteiger partial charge in [-0.2, -0.15) is 0 Å². The summed E-state index contributed by atoms with van der Waals surface area (Å²) in [7, 11) is -3.21. The minimum Gasteiger partial charge on any atom is -0.480 e. The quantitative estimate of drug-likeness (QED) is 0.0821. The maximum absolute atomic E-state index is 12.2. The molecule has 1 amide bonds. The van der Waals surface area contributed by atoms with E-state index in [0.717, 1.165) is 6.26 Å². The summed E-state index contributed by atoms with van der Waals surface area (Å²) in [4.78, 5) is 31.6. The fourth-order valence-corrected chi connectivity index (χ4v) is 5.33. The van der Waals surface area contributed by atoms with Crippen molar-refractivity contribution in [3.05, 3.63) is 12.5 Å². The largest absolute Gasteiger partial charge is 0.480 e. The Kier molecular flexibility index (Phi) is 12.4. The third kappa shape index (κ3) is 9.95. The molecule has 17 nitrogen and oxygen atoms in total. The van der Waals surface area contributed by atoms with E-state index in [1.165, 1.54) is 12.5 Å². The second-order valence-electron chi connectivity index (χ2n) is 10.7. The van der Waals surface area contributed by atoms with Crippen LogP contribution in [0.5, 0.6) is 0 Å². The fourth-order valence-electron chi connectivity index (χ4n) is 4.81. The monoisotopic (exact) mass is 629 g/mol. The van der Waals surface area contributed by atoms with Gasteiger partial charge in [-0.05, 0) is 32.1 Å². The van der Waals surface area contributed by atoms with E-state index in [1.54, 1.807) is 4.57 Å². The van der Waals surface area contributed by atoms with E-state index >= 15 is 0 Å². The van der Waals surface area contributed by atoms with Crippen LogP contribution in [0.15, 0.2) is 12.5 Å². The zero-order valence-electron chi connectivity index (χ0n) is 24.1. The molecule has 242 valence electrons. The number of aliphatic hydroxyl groups is 2. The van der Waals surface area contributed by atoms with Crippen molar-refractivity contribution in [2.24, 2.45) is 11.5 Å². The van der Waals surface area contributed by atoms with Gasteiger partial charge >= 0.3 is 5.97 Å². The summed E-state index contributed by atoms with van der Waals surface area (Å²) in [5.74, 6) is -1.10. The van der Waals surface area contributed by atoms with Crippen LogP contribution < -0.4 is 32.6 Å². The number of anilines is 2. The van der Waals surface area contributed by atoms with Gasteiger partial charge in [0.2, 0.25) is 15.9 Å². The molecule has 0 aliphatic carbocycles. The van der Waals surface area contributed by atoms with Gasteiger partial charge in [-0.15, -0.1) is 0 Å². The van der Waals surface area contributed by atoms with Gasteiger partial charge in [0.25, 0.3) is 0 Å². The summed E-state index contributed by atoms with van der Waals surface area (Å²) in [6, 6.07) is -1.56. The second-order valence-corrected chi connectivity index (χ2v) is 12.6. The van der Waals surface area contributed by atoms with Crippen LogP contribution in [0.3, 0.4) is 0 Å². The molecule has 1 saturated heterocycles. The maximum Gasteiger partial charge on any atom is 0.320 e. The summed E-state index contributed by atoms with van der Waals surface area (Å²) in [6.45, 7) is 0.981. The number of carboxylic acids is 1. The highest BCUT2D eigenvalue weighted by molar-refractivity contribution is 7.88. The van der Waals surface area contributed by atoms with Crippen molar-refractivity contribution in [2.75, 3.05) is 36.9 Å². The van der Waals surface area contributed by atoms with Crippen molar-refractivity contribution in [1.29, 1.82) is 0 Å². The van der Waals surface area contributed by atoms with Gasteiger partial charge in [0.05, 0.1) is 36.1 Å². The highest BCUT2D eigenvalue weighted by Crippen LogP contribution is 2.36. The molecule has 18 heteroatoms. The molecule has 0 unspecified atom stereocenters. The number of nitrogens with zero attached hydrogens (tertiary/aromatic N) is 3. The average Bonchev–Trinajstić information content (AvgIpc) is 3.50. The number of sulfonamides is 1. The summed E-state index contributed by atoms with van der Waals surface area (Å²) in [5, 5.41) is 36.5. The summed E-state index contributed by atoms with van der Waals surface area (Å²) < 4.78 is 32.1. The van der Waals surface area contributed by atoms with Gasteiger partial charge in [-0.25, -0.2) is 23.1 Å². The van der Waals surface area contributed by atoms with Crippen molar-refractivity contribution in [3.8, 4) is 0 Å². The van der Waals surface area contributed by atoms with Gasteiger partial charge in [0.15, 0.2) is 12.0 Å². The number of ether oxygens (including phenoxy) is 1. The normalized spacial score (nSPS) is 22.0. The lowest BCUT2D eigenvalue weighted by molar-refractivity contribution is -0.138. The predicted molar refractivity (Wildman–Crippen MR) is 158 cm³/mol. The topological polar surface area (TPSA) is 283 Å². The first kappa shape index (κ1) is 34.4. The highest BCUT2D eigenvalue weighted by Gasteiger charge is 2.44. The number of amides is 1. The van der Waals surface area contributed by atoms with Crippen molar-refractivity contribution in [1.82, 2.24) is 24.6 Å². The second kappa shape index (κ2) is 15.6. The molecule has 0 bridgehead atoms. The minimum absolute atomic E-state index is 0.130. The number of nitrogens with two attached hydrogens (primary N) is 3. The molecule has 3 rings (SSSR count). The number of imidazole rings is 1. The smallest absolute Gasteiger partial charge is 0.320 e. The van der Waals surface area contributed by atoms with E-state index in [0.29, 0.717) is 68.5 Å². The summed E-state index contributed by atoms with van der Waals surface area (Å²) in [5.41, 5.74) is 19.1. The third-order valence-electron chi connectivity index (χ3n) is 7.14. The van der Waals surface area contributed by atoms with Crippen LogP contribution in [0.4, 0.5) is 11.5 Å². The molecule has 0 saturated carbocycles. The average molecular weight is 630 g/mol. The number of pyridine rings is 1. The number of nitrogen functional groups attached to an aromatic ring is 1. The lowest BCUT2D eigenvalue weighted by Crippen LogP contribution is -2.37. The van der Waals surface area contributed by atoms with Crippen LogP contribution in [0.2, 0.25) is 0 Å². The number of aliphatic hydroxyl groups excluding tert-OH is 2. The molecule has 6 atom stereocenters. The molecule has 43 heavy (non-hydrogen) atoms. The number of fused-ring (bicyclic) bond motifs is 1. The van der Waals surface area contributed by atoms with Gasteiger partial charge in [-0.3, -0.25) is 14.2 Å². The zero-order valence-corrected chi connectivity index (χ0v) is 24.9. The van der Waals surface area contributed by atoms with E-state index in [4.69, 9.17) is 27.0 Å². The molecule has 1 aliphatic rings. The Labute approximate surface area is 249 Å². The SMILES string of the molecule is CS(=O)(=O)NCCCCCC(=O)NCCNc1cnc(N)c2ncn([C@@H]3O[C@H](C[C@@H](N)CC[C@H](N)C(=O)O)[C@@H](O)[C@H]3O)c12. The Bertz CT molecular complexity index is 1340. The first-order valence-electron chi connectivity index (χ1n) is 14.1. The van der Waals surface area contributed by atoms with Gasteiger partial charge in [-0.1, -0.05) is 6.42 Å². The number of hydrogen-bond acceptors (Lipinski definition) is 13. The molecule has 0 spiro atoms. The fraction of sp³-hybridized carbons (Fsp3) is 0.680.